The predicted octanol–water partition coefficient (Wildman–Crippen LogP) is 4.65. The van der Waals surface area contributed by atoms with Gasteiger partial charge in [-0.15, -0.1) is 11.3 Å². The van der Waals surface area contributed by atoms with E-state index in [1.54, 1.807) is 0 Å². The minimum atomic E-state index is 0.775. The van der Waals surface area contributed by atoms with Gasteiger partial charge >= 0.3 is 0 Å². The van der Waals surface area contributed by atoms with Gasteiger partial charge in [0.15, 0.2) is 0 Å². The number of nitrogens with one attached hydrogen (secondary N) is 1. The summed E-state index contributed by atoms with van der Waals surface area (Å²) in [4.78, 5) is 2.93. The molecule has 2 saturated carbocycles. The van der Waals surface area contributed by atoms with E-state index in [-0.39, 0.29) is 0 Å². The molecule has 0 radical (unpaired) electrons. The molecule has 2 aliphatic carbocycles. The van der Waals surface area contributed by atoms with Crippen LogP contribution in [0.5, 0.6) is 0 Å². The fourth-order valence-corrected chi connectivity index (χ4v) is 4.73. The SMILES string of the molecule is Cc1ccc(CNC2CCC3(CCCC3)CC2)s1. The standard InChI is InChI=1S/C16H25NS/c1-13-4-5-15(18-13)12-17-14-6-10-16(11-7-14)8-2-3-9-16/h4-5,14,17H,2-3,6-12H2,1H3. The van der Waals surface area contributed by atoms with Crippen LogP contribution < -0.4 is 5.32 Å². The molecule has 0 amide bonds. The van der Waals surface area contributed by atoms with E-state index in [2.05, 4.69) is 24.4 Å². The van der Waals surface area contributed by atoms with E-state index in [0.29, 0.717) is 0 Å². The van der Waals surface area contributed by atoms with Crippen molar-refractivity contribution < 1.29 is 0 Å². The molecule has 1 spiro atoms. The van der Waals surface area contributed by atoms with Crippen LogP contribution in [0.3, 0.4) is 0 Å². The van der Waals surface area contributed by atoms with Crippen LogP contribution in [0.25, 0.3) is 0 Å². The third kappa shape index (κ3) is 2.80. The zero-order chi connectivity index (χ0) is 12.4. The van der Waals surface area contributed by atoms with Crippen LogP contribution in [0.15, 0.2) is 12.1 Å². The zero-order valence-electron chi connectivity index (χ0n) is 11.5. The molecule has 0 saturated heterocycles. The van der Waals surface area contributed by atoms with Crippen LogP contribution in [0, 0.1) is 12.3 Å². The summed E-state index contributed by atoms with van der Waals surface area (Å²) in [6, 6.07) is 5.28. The molecule has 18 heavy (non-hydrogen) atoms. The predicted molar refractivity (Wildman–Crippen MR) is 79.1 cm³/mol. The minimum absolute atomic E-state index is 0.775. The lowest BCUT2D eigenvalue weighted by atomic mass is 9.71. The van der Waals surface area contributed by atoms with Crippen molar-refractivity contribution in [3.05, 3.63) is 21.9 Å². The molecule has 0 bridgehead atoms. The summed E-state index contributed by atoms with van der Waals surface area (Å²) in [5.41, 5.74) is 0.775. The molecule has 2 fully saturated rings. The molecule has 0 aliphatic heterocycles. The van der Waals surface area contributed by atoms with E-state index in [9.17, 15) is 0 Å². The average Bonchev–Trinajstić information content (AvgIpc) is 2.99. The number of hydrogen-bond acceptors (Lipinski definition) is 2. The van der Waals surface area contributed by atoms with Crippen molar-refractivity contribution in [2.45, 2.75) is 70.9 Å². The zero-order valence-corrected chi connectivity index (χ0v) is 12.3. The lowest BCUT2D eigenvalue weighted by molar-refractivity contribution is 0.168. The van der Waals surface area contributed by atoms with E-state index in [0.717, 1.165) is 18.0 Å². The first-order valence-corrected chi connectivity index (χ1v) is 8.36. The highest BCUT2D eigenvalue weighted by Gasteiger charge is 2.37. The van der Waals surface area contributed by atoms with Gasteiger partial charge in [0.1, 0.15) is 0 Å². The van der Waals surface area contributed by atoms with Gasteiger partial charge in [-0.3, -0.25) is 0 Å². The third-order valence-electron chi connectivity index (χ3n) is 5.07. The van der Waals surface area contributed by atoms with Crippen LogP contribution in [0.2, 0.25) is 0 Å². The molecule has 0 aromatic carbocycles. The number of thiophene rings is 1. The quantitative estimate of drug-likeness (QED) is 0.837. The molecule has 1 heterocycles. The van der Waals surface area contributed by atoms with Crippen molar-refractivity contribution in [1.82, 2.24) is 5.32 Å². The summed E-state index contributed by atoms with van der Waals surface area (Å²) in [6.45, 7) is 3.27. The Kier molecular flexibility index (Phi) is 3.76. The van der Waals surface area contributed by atoms with E-state index in [4.69, 9.17) is 0 Å². The molecular weight excluding hydrogens is 238 g/mol. The van der Waals surface area contributed by atoms with Crippen LogP contribution >= 0.6 is 11.3 Å². The molecule has 0 unspecified atom stereocenters. The Balaban J connectivity index is 1.45. The van der Waals surface area contributed by atoms with Crippen molar-refractivity contribution in [2.24, 2.45) is 5.41 Å². The summed E-state index contributed by atoms with van der Waals surface area (Å²) in [6.07, 6.45) is 11.8. The third-order valence-corrected chi connectivity index (χ3v) is 6.07. The summed E-state index contributed by atoms with van der Waals surface area (Å²) in [7, 11) is 0. The second-order valence-electron chi connectivity index (χ2n) is 6.37. The first-order chi connectivity index (χ1) is 8.76. The highest BCUT2D eigenvalue weighted by Crippen LogP contribution is 2.48. The Bertz CT molecular complexity index is 380. The van der Waals surface area contributed by atoms with Gasteiger partial charge in [-0.05, 0) is 63.0 Å². The lowest BCUT2D eigenvalue weighted by Crippen LogP contribution is -2.36. The van der Waals surface area contributed by atoms with Crippen LogP contribution in [0.1, 0.15) is 61.1 Å². The Morgan fingerprint density at radius 2 is 1.89 bits per heavy atom. The summed E-state index contributed by atoms with van der Waals surface area (Å²) < 4.78 is 0. The monoisotopic (exact) mass is 263 g/mol. The molecule has 1 nitrogen and oxygen atoms in total. The van der Waals surface area contributed by atoms with E-state index >= 15 is 0 Å². The Morgan fingerprint density at radius 1 is 1.17 bits per heavy atom. The maximum absolute atomic E-state index is 3.77. The maximum Gasteiger partial charge on any atom is 0.0302 e. The first kappa shape index (κ1) is 12.7. The van der Waals surface area contributed by atoms with Gasteiger partial charge in [0.25, 0.3) is 0 Å². The summed E-state index contributed by atoms with van der Waals surface area (Å²) in [5, 5.41) is 3.77. The highest BCUT2D eigenvalue weighted by atomic mass is 32.1. The van der Waals surface area contributed by atoms with E-state index < -0.39 is 0 Å². The number of hydrogen-bond donors (Lipinski definition) is 1. The van der Waals surface area contributed by atoms with Gasteiger partial charge in [0.2, 0.25) is 0 Å². The van der Waals surface area contributed by atoms with Gasteiger partial charge in [0.05, 0.1) is 0 Å². The molecule has 1 N–H and O–H groups in total. The smallest absolute Gasteiger partial charge is 0.0302 e. The fourth-order valence-electron chi connectivity index (χ4n) is 3.88. The Morgan fingerprint density at radius 3 is 2.50 bits per heavy atom. The minimum Gasteiger partial charge on any atom is -0.309 e. The molecule has 2 heteroatoms. The second kappa shape index (κ2) is 5.34. The van der Waals surface area contributed by atoms with Gasteiger partial charge in [-0.2, -0.15) is 0 Å². The van der Waals surface area contributed by atoms with Gasteiger partial charge in [-0.25, -0.2) is 0 Å². The largest absolute Gasteiger partial charge is 0.309 e. The van der Waals surface area contributed by atoms with E-state index in [1.165, 1.54) is 61.1 Å². The highest BCUT2D eigenvalue weighted by molar-refractivity contribution is 7.11. The molecule has 2 aliphatic rings. The Labute approximate surface area is 115 Å². The van der Waals surface area contributed by atoms with Gasteiger partial charge in [-0.1, -0.05) is 12.8 Å². The number of aryl methyl sites for hydroxylation is 1. The lowest BCUT2D eigenvalue weighted by Gasteiger charge is -2.37. The van der Waals surface area contributed by atoms with Crippen molar-refractivity contribution in [2.75, 3.05) is 0 Å². The molecule has 1 aromatic rings. The summed E-state index contributed by atoms with van der Waals surface area (Å²) in [5.74, 6) is 0. The topological polar surface area (TPSA) is 12.0 Å². The van der Waals surface area contributed by atoms with E-state index in [1.807, 2.05) is 11.3 Å². The maximum atomic E-state index is 3.77. The normalized spacial score (nSPS) is 23.8. The molecule has 1 aromatic heterocycles. The van der Waals surface area contributed by atoms with Crippen molar-refractivity contribution in [3.63, 3.8) is 0 Å². The van der Waals surface area contributed by atoms with Crippen molar-refractivity contribution >= 4 is 11.3 Å². The van der Waals surface area contributed by atoms with Gasteiger partial charge < -0.3 is 5.32 Å². The Hall–Kier alpha value is -0.340. The molecule has 3 rings (SSSR count). The van der Waals surface area contributed by atoms with Gasteiger partial charge in [0, 0.05) is 22.3 Å². The van der Waals surface area contributed by atoms with Crippen LogP contribution in [-0.4, -0.2) is 6.04 Å². The molecular formula is C16H25NS. The second-order valence-corrected chi connectivity index (χ2v) is 7.75. The van der Waals surface area contributed by atoms with Crippen molar-refractivity contribution in [3.8, 4) is 0 Å². The number of rotatable bonds is 3. The van der Waals surface area contributed by atoms with Crippen LogP contribution in [-0.2, 0) is 6.54 Å². The van der Waals surface area contributed by atoms with Crippen LogP contribution in [0.4, 0.5) is 0 Å². The molecule has 100 valence electrons. The summed E-state index contributed by atoms with van der Waals surface area (Å²) >= 11 is 1.93. The van der Waals surface area contributed by atoms with Crippen molar-refractivity contribution in [1.29, 1.82) is 0 Å². The molecule has 0 atom stereocenters. The first-order valence-electron chi connectivity index (χ1n) is 7.55. The average molecular weight is 263 g/mol. The fraction of sp³-hybridized carbons (Fsp3) is 0.750.